The second kappa shape index (κ2) is 17.4. The fourth-order valence-corrected chi connectivity index (χ4v) is 0. The molecule has 0 aliphatic carbocycles. The zero-order valence-corrected chi connectivity index (χ0v) is 10.2. The van der Waals surface area contributed by atoms with E-state index < -0.39 is 9.05 Å². The van der Waals surface area contributed by atoms with E-state index in [1.54, 1.807) is 0 Å². The van der Waals surface area contributed by atoms with Crippen molar-refractivity contribution in [3.05, 3.63) is 0 Å². The van der Waals surface area contributed by atoms with Crippen molar-refractivity contribution >= 4 is 49.5 Å². The third-order valence-electron chi connectivity index (χ3n) is 0. The van der Waals surface area contributed by atoms with E-state index >= 15 is 0 Å². The standard InChI is InChI=1S/Al.Fe.Mg.Ni.O4Si.H2O/c;;;;1-5(2,3)4;/h;;;;;1H2/q+3;3*+2;-4;/p-1. The monoisotopic (exact) mass is 274 g/mol. The van der Waals surface area contributed by atoms with Gasteiger partial charge in [-0.05, 0) is 0 Å². The first kappa shape index (κ1) is 39.5. The van der Waals surface area contributed by atoms with Gasteiger partial charge in [0, 0.05) is 0 Å². The average molecular weight is 275 g/mol. The van der Waals surface area contributed by atoms with Crippen molar-refractivity contribution in [3.63, 3.8) is 0 Å². The molecule has 10 heavy (non-hydrogen) atoms. The molecule has 0 atom stereocenters. The van der Waals surface area contributed by atoms with Crippen LogP contribution in [0.1, 0.15) is 0 Å². The summed E-state index contributed by atoms with van der Waals surface area (Å²) in [6.45, 7) is 0. The van der Waals surface area contributed by atoms with Gasteiger partial charge >= 0.3 is 74.0 Å². The van der Waals surface area contributed by atoms with Gasteiger partial charge in [0.25, 0.3) is 0 Å². The summed E-state index contributed by atoms with van der Waals surface area (Å²) >= 11 is 0. The molecule has 0 aliphatic heterocycles. The van der Waals surface area contributed by atoms with Crippen LogP contribution in [0.25, 0.3) is 0 Å². The summed E-state index contributed by atoms with van der Waals surface area (Å²) in [5.74, 6) is 0. The van der Waals surface area contributed by atoms with Crippen molar-refractivity contribution in [3.8, 4) is 0 Å². The van der Waals surface area contributed by atoms with Crippen molar-refractivity contribution in [1.29, 1.82) is 0 Å². The maximum absolute atomic E-state index is 8.58. The van der Waals surface area contributed by atoms with E-state index in [0.29, 0.717) is 0 Å². The molecular formula is HAlFeMgNiO5Si+4. The van der Waals surface area contributed by atoms with Crippen LogP contribution < -0.4 is 19.2 Å². The Morgan fingerprint density at radius 2 is 0.900 bits per heavy atom. The SMILES string of the molecule is [Al+3].[Fe+2].[Mg+2].[Ni+2].[O-][Si]([O-])([O-])[O-].[OH-]. The molecule has 0 aromatic rings. The molecule has 54 valence electrons. The Morgan fingerprint density at radius 3 is 0.900 bits per heavy atom. The first-order valence-corrected chi connectivity index (χ1v) is 2.45. The van der Waals surface area contributed by atoms with Gasteiger partial charge in [-0.25, -0.2) is 0 Å². The largest absolute Gasteiger partial charge is 3.00 e. The minimum absolute atomic E-state index is 0. The van der Waals surface area contributed by atoms with Gasteiger partial charge in [0.2, 0.25) is 0 Å². The van der Waals surface area contributed by atoms with Crippen LogP contribution in [0.5, 0.6) is 0 Å². The molecule has 0 radical (unpaired) electrons. The van der Waals surface area contributed by atoms with Crippen LogP contribution in [0.2, 0.25) is 0 Å². The predicted molar refractivity (Wildman–Crippen MR) is 19.2 cm³/mol. The zero-order chi connectivity index (χ0) is 4.50. The zero-order valence-electron chi connectivity index (χ0n) is 4.53. The van der Waals surface area contributed by atoms with Gasteiger partial charge in [-0.15, -0.1) is 0 Å². The summed E-state index contributed by atoms with van der Waals surface area (Å²) in [6.07, 6.45) is 0. The normalized spacial score (nSPS) is 6.00. The van der Waals surface area contributed by atoms with Crippen molar-refractivity contribution in [2.45, 2.75) is 0 Å². The Morgan fingerprint density at radius 1 is 0.900 bits per heavy atom. The Balaban J connectivity index is -0.00000000800. The topological polar surface area (TPSA) is 122 Å². The molecule has 0 saturated carbocycles. The van der Waals surface area contributed by atoms with Crippen LogP contribution >= 0.6 is 0 Å². The molecule has 0 spiro atoms. The molecule has 0 amide bonds. The van der Waals surface area contributed by atoms with E-state index in [9.17, 15) is 0 Å². The molecule has 5 nitrogen and oxygen atoms in total. The Labute approximate surface area is 107 Å². The maximum Gasteiger partial charge on any atom is 3.00 e. The van der Waals surface area contributed by atoms with Gasteiger partial charge in [-0.3, -0.25) is 0 Å². The molecule has 0 saturated heterocycles. The Bertz CT molecular complexity index is 37.1. The molecule has 0 bridgehead atoms. The summed E-state index contributed by atoms with van der Waals surface area (Å²) in [4.78, 5) is 34.3. The Hall–Kier alpha value is 2.33. The minimum Gasteiger partial charge on any atom is -0.894 e. The molecule has 0 aromatic carbocycles. The molecular weight excluding hydrogens is 274 g/mol. The summed E-state index contributed by atoms with van der Waals surface area (Å²) < 4.78 is 0. The Kier molecular flexibility index (Phi) is 68.8. The summed E-state index contributed by atoms with van der Waals surface area (Å²) in [6, 6.07) is 0. The first-order chi connectivity index (χ1) is 2.00. The van der Waals surface area contributed by atoms with E-state index in [4.69, 9.17) is 19.2 Å². The van der Waals surface area contributed by atoms with Gasteiger partial charge in [-0.1, -0.05) is 0 Å². The van der Waals surface area contributed by atoms with E-state index in [1.165, 1.54) is 0 Å². The third-order valence-corrected chi connectivity index (χ3v) is 0. The quantitative estimate of drug-likeness (QED) is 0.407. The molecule has 1 N–H and O–H groups in total. The smallest absolute Gasteiger partial charge is 0.894 e. The van der Waals surface area contributed by atoms with Gasteiger partial charge in [0.15, 0.2) is 0 Å². The fraction of sp³-hybridized carbons (Fsp3) is 0. The number of rotatable bonds is 0. The molecule has 0 fully saturated rings. The third kappa shape index (κ3) is 166. The average Bonchev–Trinajstić information content (AvgIpc) is 0.722. The summed E-state index contributed by atoms with van der Waals surface area (Å²) in [7, 11) is -5.61. The van der Waals surface area contributed by atoms with Crippen molar-refractivity contribution < 1.29 is 58.2 Å². The number of hydrogen-bond acceptors (Lipinski definition) is 5. The fourth-order valence-electron chi connectivity index (χ4n) is 0. The minimum atomic E-state index is -5.61. The van der Waals surface area contributed by atoms with E-state index in [-0.39, 0.29) is 79.5 Å². The van der Waals surface area contributed by atoms with Gasteiger partial charge < -0.3 is 33.7 Å². The van der Waals surface area contributed by atoms with Crippen LogP contribution in [-0.4, -0.2) is 54.9 Å². The van der Waals surface area contributed by atoms with Crippen molar-refractivity contribution in [1.82, 2.24) is 0 Å². The molecule has 10 heteroatoms. The van der Waals surface area contributed by atoms with Crippen LogP contribution in [0.4, 0.5) is 0 Å². The van der Waals surface area contributed by atoms with Crippen LogP contribution in [0.15, 0.2) is 0 Å². The van der Waals surface area contributed by atoms with Gasteiger partial charge in [0.05, 0.1) is 0 Å². The van der Waals surface area contributed by atoms with E-state index in [0.717, 1.165) is 0 Å². The molecule has 0 aromatic heterocycles. The number of hydrogen-bond donors (Lipinski definition) is 0. The summed E-state index contributed by atoms with van der Waals surface area (Å²) in [5, 5.41) is 0. The van der Waals surface area contributed by atoms with E-state index in [1.807, 2.05) is 0 Å². The van der Waals surface area contributed by atoms with Crippen LogP contribution in [0, 0.1) is 0 Å². The second-order valence-corrected chi connectivity index (χ2v) is 1.50. The molecule has 0 aliphatic rings. The first-order valence-electron chi connectivity index (χ1n) is 0.816. The van der Waals surface area contributed by atoms with Crippen LogP contribution in [-0.2, 0) is 33.6 Å². The summed E-state index contributed by atoms with van der Waals surface area (Å²) in [5.41, 5.74) is 0. The second-order valence-electron chi connectivity index (χ2n) is 0.500. The van der Waals surface area contributed by atoms with Crippen molar-refractivity contribution in [2.75, 3.05) is 0 Å². The van der Waals surface area contributed by atoms with Crippen LogP contribution in [0.3, 0.4) is 0 Å². The molecule has 0 heterocycles. The van der Waals surface area contributed by atoms with Gasteiger partial charge in [0.1, 0.15) is 0 Å². The van der Waals surface area contributed by atoms with Crippen molar-refractivity contribution in [2.24, 2.45) is 0 Å². The van der Waals surface area contributed by atoms with E-state index in [2.05, 4.69) is 0 Å². The molecule has 0 rings (SSSR count). The van der Waals surface area contributed by atoms with Gasteiger partial charge in [-0.2, -0.15) is 0 Å². The maximum atomic E-state index is 8.58. The molecule has 0 unspecified atom stereocenters. The predicted octanol–water partition coefficient (Wildman–Crippen LogP) is -6.08.